The highest BCUT2D eigenvalue weighted by molar-refractivity contribution is 14.0. The molecule has 0 fully saturated rings. The van der Waals surface area contributed by atoms with Crippen LogP contribution in [0.25, 0.3) is 0 Å². The molecule has 0 saturated carbocycles. The lowest BCUT2D eigenvalue weighted by Gasteiger charge is -2.16. The molecule has 0 aliphatic rings. The predicted molar refractivity (Wildman–Crippen MR) is 115 cm³/mol. The van der Waals surface area contributed by atoms with Gasteiger partial charge in [0.05, 0.1) is 12.8 Å². The molecule has 0 radical (unpaired) electrons. The summed E-state index contributed by atoms with van der Waals surface area (Å²) >= 11 is 0. The van der Waals surface area contributed by atoms with Gasteiger partial charge in [-0.1, -0.05) is 30.3 Å². The maximum absolute atomic E-state index is 5.34. The Morgan fingerprint density at radius 3 is 2.60 bits per heavy atom. The average molecular weight is 456 g/mol. The van der Waals surface area contributed by atoms with Gasteiger partial charge in [0.15, 0.2) is 5.96 Å². The minimum atomic E-state index is 0. The van der Waals surface area contributed by atoms with E-state index in [0.717, 1.165) is 50.9 Å². The number of guanidine groups is 1. The fourth-order valence-corrected chi connectivity index (χ4v) is 2.41. The summed E-state index contributed by atoms with van der Waals surface area (Å²) in [6, 6.07) is 14.4. The molecule has 1 aromatic heterocycles. The van der Waals surface area contributed by atoms with Gasteiger partial charge < -0.3 is 20.0 Å². The van der Waals surface area contributed by atoms with Crippen molar-refractivity contribution >= 4 is 29.9 Å². The number of hydrogen-bond donors (Lipinski definition) is 2. The number of nitrogens with one attached hydrogen (secondary N) is 2. The molecule has 138 valence electrons. The molecule has 2 aromatic rings. The lowest BCUT2D eigenvalue weighted by molar-refractivity contribution is 0.336. The fourth-order valence-electron chi connectivity index (χ4n) is 2.41. The Morgan fingerprint density at radius 2 is 1.92 bits per heavy atom. The van der Waals surface area contributed by atoms with E-state index < -0.39 is 0 Å². The van der Waals surface area contributed by atoms with Crippen molar-refractivity contribution in [2.45, 2.75) is 19.9 Å². The van der Waals surface area contributed by atoms with Crippen molar-refractivity contribution in [2.24, 2.45) is 4.99 Å². The molecule has 0 atom stereocenters. The van der Waals surface area contributed by atoms with E-state index in [2.05, 4.69) is 58.8 Å². The topological polar surface area (TPSA) is 52.8 Å². The van der Waals surface area contributed by atoms with Gasteiger partial charge in [-0.15, -0.1) is 24.0 Å². The molecule has 0 aliphatic carbocycles. The second-order valence-electron chi connectivity index (χ2n) is 5.74. The molecule has 2 N–H and O–H groups in total. The number of likely N-dealkylation sites (N-methyl/N-ethyl adjacent to an activating group) is 1. The molecule has 0 unspecified atom stereocenters. The zero-order valence-electron chi connectivity index (χ0n) is 15.1. The molecular weight excluding hydrogens is 427 g/mol. The molecule has 0 amide bonds. The predicted octanol–water partition coefficient (Wildman–Crippen LogP) is 3.13. The second kappa shape index (κ2) is 12.8. The van der Waals surface area contributed by atoms with Crippen molar-refractivity contribution in [3.05, 3.63) is 60.1 Å². The molecule has 25 heavy (non-hydrogen) atoms. The molecule has 5 nitrogen and oxygen atoms in total. The first-order valence-electron chi connectivity index (χ1n) is 8.55. The van der Waals surface area contributed by atoms with Crippen molar-refractivity contribution in [3.63, 3.8) is 0 Å². The first kappa shape index (κ1) is 21.5. The molecular formula is C19H29IN4O. The van der Waals surface area contributed by atoms with E-state index in [1.54, 1.807) is 6.26 Å². The van der Waals surface area contributed by atoms with Gasteiger partial charge in [-0.05, 0) is 31.7 Å². The van der Waals surface area contributed by atoms with Gasteiger partial charge in [0.25, 0.3) is 0 Å². The minimum Gasteiger partial charge on any atom is -0.469 e. The van der Waals surface area contributed by atoms with E-state index in [1.807, 2.05) is 18.2 Å². The molecule has 2 rings (SSSR count). The number of benzene rings is 1. The molecule has 0 saturated heterocycles. The van der Waals surface area contributed by atoms with E-state index in [0.29, 0.717) is 0 Å². The molecule has 1 aromatic carbocycles. The Bertz CT molecular complexity index is 587. The number of halogens is 1. The van der Waals surface area contributed by atoms with Crippen LogP contribution in [0.1, 0.15) is 18.2 Å². The average Bonchev–Trinajstić information content (AvgIpc) is 3.09. The van der Waals surface area contributed by atoms with E-state index in [1.165, 1.54) is 5.56 Å². The SMILES string of the molecule is CCNC(=NCCN(C)Cc1ccccc1)NCCc1ccco1.I. The summed E-state index contributed by atoms with van der Waals surface area (Å²) in [5, 5.41) is 6.62. The second-order valence-corrected chi connectivity index (χ2v) is 5.74. The van der Waals surface area contributed by atoms with Crippen molar-refractivity contribution in [3.8, 4) is 0 Å². The zero-order valence-corrected chi connectivity index (χ0v) is 17.4. The number of nitrogens with zero attached hydrogens (tertiary/aromatic N) is 2. The Labute approximate surface area is 167 Å². The maximum atomic E-state index is 5.34. The van der Waals surface area contributed by atoms with Crippen molar-refractivity contribution in [1.82, 2.24) is 15.5 Å². The van der Waals surface area contributed by atoms with Crippen LogP contribution in [0.4, 0.5) is 0 Å². The quantitative estimate of drug-likeness (QED) is 0.346. The summed E-state index contributed by atoms with van der Waals surface area (Å²) in [6.45, 7) is 6.36. The lowest BCUT2D eigenvalue weighted by atomic mass is 10.2. The summed E-state index contributed by atoms with van der Waals surface area (Å²) in [6.07, 6.45) is 2.56. The van der Waals surface area contributed by atoms with Crippen LogP contribution >= 0.6 is 24.0 Å². The van der Waals surface area contributed by atoms with Crippen LogP contribution in [-0.4, -0.2) is 44.1 Å². The molecule has 0 aliphatic heterocycles. The van der Waals surface area contributed by atoms with Crippen LogP contribution in [0.5, 0.6) is 0 Å². The van der Waals surface area contributed by atoms with Gasteiger partial charge in [-0.2, -0.15) is 0 Å². The Morgan fingerprint density at radius 1 is 1.12 bits per heavy atom. The van der Waals surface area contributed by atoms with Crippen LogP contribution in [-0.2, 0) is 13.0 Å². The smallest absolute Gasteiger partial charge is 0.191 e. The van der Waals surface area contributed by atoms with Crippen LogP contribution in [0, 0.1) is 0 Å². The van der Waals surface area contributed by atoms with Gasteiger partial charge in [-0.3, -0.25) is 4.99 Å². The highest BCUT2D eigenvalue weighted by atomic mass is 127. The number of furan rings is 1. The number of aliphatic imine (C=N–C) groups is 1. The van der Waals surface area contributed by atoms with Crippen LogP contribution in [0.3, 0.4) is 0 Å². The lowest BCUT2D eigenvalue weighted by Crippen LogP contribution is -2.38. The fraction of sp³-hybridized carbons (Fsp3) is 0.421. The normalized spacial score (nSPS) is 11.2. The zero-order chi connectivity index (χ0) is 17.0. The minimum absolute atomic E-state index is 0. The van der Waals surface area contributed by atoms with E-state index in [-0.39, 0.29) is 24.0 Å². The summed E-state index contributed by atoms with van der Waals surface area (Å²) < 4.78 is 5.34. The molecule has 0 spiro atoms. The first-order chi connectivity index (χ1) is 11.8. The summed E-state index contributed by atoms with van der Waals surface area (Å²) in [5.41, 5.74) is 1.33. The summed E-state index contributed by atoms with van der Waals surface area (Å²) in [4.78, 5) is 6.92. The largest absolute Gasteiger partial charge is 0.469 e. The van der Waals surface area contributed by atoms with Crippen LogP contribution < -0.4 is 10.6 Å². The standard InChI is InChI=1S/C19H28N4O.HI/c1-3-20-19(21-12-11-18-10-7-15-24-18)22-13-14-23(2)16-17-8-5-4-6-9-17;/h4-10,15H,3,11-14,16H2,1-2H3,(H2,20,21,22);1H. The van der Waals surface area contributed by atoms with Crippen LogP contribution in [0.15, 0.2) is 58.1 Å². The van der Waals surface area contributed by atoms with Gasteiger partial charge in [-0.25, -0.2) is 0 Å². The Balaban J connectivity index is 0.00000312. The summed E-state index contributed by atoms with van der Waals surface area (Å²) in [5.74, 6) is 1.85. The van der Waals surface area contributed by atoms with Crippen molar-refractivity contribution in [2.75, 3.05) is 33.2 Å². The highest BCUT2D eigenvalue weighted by Crippen LogP contribution is 2.02. The van der Waals surface area contributed by atoms with Crippen LogP contribution in [0.2, 0.25) is 0 Å². The maximum Gasteiger partial charge on any atom is 0.191 e. The van der Waals surface area contributed by atoms with Crippen molar-refractivity contribution in [1.29, 1.82) is 0 Å². The molecule has 6 heteroatoms. The number of rotatable bonds is 9. The Hall–Kier alpha value is -1.54. The molecule has 0 bridgehead atoms. The van der Waals surface area contributed by atoms with E-state index in [9.17, 15) is 0 Å². The van der Waals surface area contributed by atoms with Crippen molar-refractivity contribution < 1.29 is 4.42 Å². The van der Waals surface area contributed by atoms with Gasteiger partial charge in [0.1, 0.15) is 5.76 Å². The third-order valence-corrected chi connectivity index (χ3v) is 3.64. The van der Waals surface area contributed by atoms with Gasteiger partial charge in [0.2, 0.25) is 0 Å². The van der Waals surface area contributed by atoms with E-state index in [4.69, 9.17) is 4.42 Å². The highest BCUT2D eigenvalue weighted by Gasteiger charge is 2.01. The third-order valence-electron chi connectivity index (χ3n) is 3.64. The monoisotopic (exact) mass is 456 g/mol. The number of hydrogen-bond acceptors (Lipinski definition) is 3. The summed E-state index contributed by atoms with van der Waals surface area (Å²) in [7, 11) is 2.12. The first-order valence-corrected chi connectivity index (χ1v) is 8.55. The third kappa shape index (κ3) is 8.92. The Kier molecular flexibility index (Phi) is 11.0. The van der Waals surface area contributed by atoms with Gasteiger partial charge >= 0.3 is 0 Å². The van der Waals surface area contributed by atoms with Gasteiger partial charge in [0, 0.05) is 32.6 Å². The molecule has 1 heterocycles. The van der Waals surface area contributed by atoms with E-state index >= 15 is 0 Å².